The molecule has 0 spiro atoms. The molecule has 2 aromatic carbocycles. The van der Waals surface area contributed by atoms with Crippen molar-refractivity contribution in [2.45, 2.75) is 26.3 Å². The van der Waals surface area contributed by atoms with Gasteiger partial charge in [0.2, 0.25) is 0 Å². The lowest BCUT2D eigenvalue weighted by Crippen LogP contribution is -1.99. The van der Waals surface area contributed by atoms with Crippen LogP contribution in [0.1, 0.15) is 30.9 Å². The molecule has 1 heterocycles. The first kappa shape index (κ1) is 13.3. The third-order valence-electron chi connectivity index (χ3n) is 3.75. The summed E-state index contributed by atoms with van der Waals surface area (Å²) in [5, 5.41) is 1.98. The summed E-state index contributed by atoms with van der Waals surface area (Å²) in [7, 11) is 0. The van der Waals surface area contributed by atoms with Crippen LogP contribution in [0.2, 0.25) is 5.15 Å². The van der Waals surface area contributed by atoms with Crippen LogP contribution in [-0.2, 0) is 6.54 Å². The van der Waals surface area contributed by atoms with E-state index in [-0.39, 0.29) is 0 Å². The number of aromatic nitrogens is 1. The van der Waals surface area contributed by atoms with Crippen molar-refractivity contribution >= 4 is 22.5 Å². The Hall–Kier alpha value is -1.73. The molecular weight excluding hydrogens is 266 g/mol. The van der Waals surface area contributed by atoms with Gasteiger partial charge < -0.3 is 4.57 Å². The van der Waals surface area contributed by atoms with Gasteiger partial charge in [0, 0.05) is 17.4 Å². The van der Waals surface area contributed by atoms with Crippen LogP contribution in [0.5, 0.6) is 0 Å². The molecule has 0 radical (unpaired) electrons. The number of benzene rings is 2. The van der Waals surface area contributed by atoms with Crippen molar-refractivity contribution in [2.75, 3.05) is 0 Å². The van der Waals surface area contributed by atoms with Crippen molar-refractivity contribution in [3.63, 3.8) is 0 Å². The van der Waals surface area contributed by atoms with Gasteiger partial charge in [0.25, 0.3) is 0 Å². The van der Waals surface area contributed by atoms with Crippen LogP contribution in [0.25, 0.3) is 10.9 Å². The van der Waals surface area contributed by atoms with Crippen LogP contribution in [0.4, 0.5) is 0 Å². The zero-order valence-corrected chi connectivity index (χ0v) is 12.6. The zero-order valence-electron chi connectivity index (χ0n) is 11.8. The van der Waals surface area contributed by atoms with Crippen molar-refractivity contribution in [3.8, 4) is 0 Å². The second kappa shape index (κ2) is 5.34. The van der Waals surface area contributed by atoms with E-state index in [0.717, 1.165) is 11.7 Å². The van der Waals surface area contributed by atoms with Crippen LogP contribution in [0.3, 0.4) is 0 Å². The Labute approximate surface area is 124 Å². The van der Waals surface area contributed by atoms with Gasteiger partial charge in [0.15, 0.2) is 0 Å². The maximum absolute atomic E-state index is 6.36. The Morgan fingerprint density at radius 2 is 1.70 bits per heavy atom. The second-order valence-corrected chi connectivity index (χ2v) is 5.90. The van der Waals surface area contributed by atoms with E-state index >= 15 is 0 Å². The molecule has 3 rings (SSSR count). The number of rotatable bonds is 3. The van der Waals surface area contributed by atoms with E-state index in [2.05, 4.69) is 60.9 Å². The van der Waals surface area contributed by atoms with Gasteiger partial charge in [-0.2, -0.15) is 0 Å². The van der Waals surface area contributed by atoms with Gasteiger partial charge in [0.05, 0.1) is 0 Å². The molecule has 0 amide bonds. The summed E-state index contributed by atoms with van der Waals surface area (Å²) in [4.78, 5) is 0. The maximum atomic E-state index is 6.36. The highest BCUT2D eigenvalue weighted by Gasteiger charge is 2.07. The van der Waals surface area contributed by atoms with Gasteiger partial charge >= 0.3 is 0 Å². The van der Waals surface area contributed by atoms with E-state index in [1.165, 1.54) is 22.0 Å². The molecule has 0 unspecified atom stereocenters. The molecule has 0 saturated heterocycles. The molecule has 0 aliphatic carbocycles. The molecule has 3 aromatic rings. The minimum Gasteiger partial charge on any atom is -0.327 e. The highest BCUT2D eigenvalue weighted by Crippen LogP contribution is 2.25. The van der Waals surface area contributed by atoms with Crippen LogP contribution in [-0.4, -0.2) is 4.57 Å². The predicted octanol–water partition coefficient (Wildman–Crippen LogP) is 5.47. The SMILES string of the molecule is CC(C)c1ccc(Cn2c(Cl)cc3ccccc32)cc1. The minimum absolute atomic E-state index is 0.569. The monoisotopic (exact) mass is 283 g/mol. The Kier molecular flexibility index (Phi) is 3.54. The topological polar surface area (TPSA) is 4.93 Å². The predicted molar refractivity (Wildman–Crippen MR) is 86.6 cm³/mol. The van der Waals surface area contributed by atoms with E-state index in [4.69, 9.17) is 11.6 Å². The fraction of sp³-hybridized carbons (Fsp3) is 0.222. The van der Waals surface area contributed by atoms with Crippen molar-refractivity contribution in [1.29, 1.82) is 0 Å². The van der Waals surface area contributed by atoms with Gasteiger partial charge in [-0.15, -0.1) is 0 Å². The molecular formula is C18H18ClN. The first-order valence-corrected chi connectivity index (χ1v) is 7.35. The summed E-state index contributed by atoms with van der Waals surface area (Å²) >= 11 is 6.36. The standard InChI is InChI=1S/C18H18ClN/c1-13(2)15-9-7-14(8-10-15)12-20-17-6-4-3-5-16(17)11-18(20)19/h3-11,13H,12H2,1-2H3. The van der Waals surface area contributed by atoms with E-state index in [1.807, 2.05) is 12.1 Å². The molecule has 0 atom stereocenters. The summed E-state index contributed by atoms with van der Waals surface area (Å²) < 4.78 is 2.15. The number of halogens is 1. The van der Waals surface area contributed by atoms with Gasteiger partial charge in [-0.25, -0.2) is 0 Å². The highest BCUT2D eigenvalue weighted by molar-refractivity contribution is 6.31. The van der Waals surface area contributed by atoms with Crippen LogP contribution in [0.15, 0.2) is 54.6 Å². The number of para-hydroxylation sites is 1. The quantitative estimate of drug-likeness (QED) is 0.601. The Morgan fingerprint density at radius 1 is 1.00 bits per heavy atom. The molecule has 0 aliphatic heterocycles. The van der Waals surface area contributed by atoms with Crippen molar-refractivity contribution in [3.05, 3.63) is 70.9 Å². The minimum atomic E-state index is 0.569. The first-order valence-electron chi connectivity index (χ1n) is 6.98. The number of fused-ring (bicyclic) bond motifs is 1. The number of nitrogens with zero attached hydrogens (tertiary/aromatic N) is 1. The summed E-state index contributed by atoms with van der Waals surface area (Å²) in [6.07, 6.45) is 0. The second-order valence-electron chi connectivity index (χ2n) is 5.51. The maximum Gasteiger partial charge on any atom is 0.110 e. The van der Waals surface area contributed by atoms with Crippen molar-refractivity contribution < 1.29 is 0 Å². The molecule has 20 heavy (non-hydrogen) atoms. The van der Waals surface area contributed by atoms with Gasteiger partial charge in [0.1, 0.15) is 5.15 Å². The average Bonchev–Trinajstić information content (AvgIpc) is 2.76. The molecule has 1 nitrogen and oxygen atoms in total. The Bertz CT molecular complexity index is 723. The third-order valence-corrected chi connectivity index (χ3v) is 4.06. The zero-order chi connectivity index (χ0) is 14.1. The summed E-state index contributed by atoms with van der Waals surface area (Å²) in [6.45, 7) is 5.24. The molecule has 102 valence electrons. The first-order chi connectivity index (χ1) is 9.65. The van der Waals surface area contributed by atoms with E-state index in [0.29, 0.717) is 5.92 Å². The van der Waals surface area contributed by atoms with Crippen LogP contribution < -0.4 is 0 Å². The van der Waals surface area contributed by atoms with Crippen molar-refractivity contribution in [2.24, 2.45) is 0 Å². The normalized spacial score (nSPS) is 11.4. The Morgan fingerprint density at radius 3 is 2.40 bits per heavy atom. The molecule has 2 heteroatoms. The summed E-state index contributed by atoms with van der Waals surface area (Å²) in [6, 6.07) is 19.1. The Balaban J connectivity index is 1.94. The lowest BCUT2D eigenvalue weighted by Gasteiger charge is -2.10. The lowest BCUT2D eigenvalue weighted by molar-refractivity contribution is 0.829. The van der Waals surface area contributed by atoms with Crippen molar-refractivity contribution in [1.82, 2.24) is 4.57 Å². The van der Waals surface area contributed by atoms with Gasteiger partial charge in [-0.3, -0.25) is 0 Å². The largest absolute Gasteiger partial charge is 0.327 e. The fourth-order valence-corrected chi connectivity index (χ4v) is 2.80. The van der Waals surface area contributed by atoms with Crippen LogP contribution >= 0.6 is 11.6 Å². The number of hydrogen-bond donors (Lipinski definition) is 0. The highest BCUT2D eigenvalue weighted by atomic mass is 35.5. The van der Waals surface area contributed by atoms with E-state index < -0.39 is 0 Å². The average molecular weight is 284 g/mol. The van der Waals surface area contributed by atoms with Crippen LogP contribution in [0, 0.1) is 0 Å². The van der Waals surface area contributed by atoms with Gasteiger partial charge in [-0.05, 0) is 29.2 Å². The molecule has 0 bridgehead atoms. The van der Waals surface area contributed by atoms with E-state index in [9.17, 15) is 0 Å². The summed E-state index contributed by atoms with van der Waals surface area (Å²) in [5.74, 6) is 0.569. The molecule has 0 fully saturated rings. The summed E-state index contributed by atoms with van der Waals surface area (Å²) in [5.41, 5.74) is 3.83. The fourth-order valence-electron chi connectivity index (χ4n) is 2.53. The van der Waals surface area contributed by atoms with E-state index in [1.54, 1.807) is 0 Å². The van der Waals surface area contributed by atoms with Gasteiger partial charge in [-0.1, -0.05) is 67.9 Å². The smallest absolute Gasteiger partial charge is 0.110 e. The molecule has 0 aliphatic rings. The lowest BCUT2D eigenvalue weighted by atomic mass is 10.0. The third kappa shape index (κ3) is 2.46. The molecule has 1 aromatic heterocycles. The molecule has 0 saturated carbocycles. The number of hydrogen-bond acceptors (Lipinski definition) is 0. The molecule has 0 N–H and O–H groups in total.